The number of alkyl halides is 12. The zero-order valence-electron chi connectivity index (χ0n) is 28.6. The fourth-order valence-electron chi connectivity index (χ4n) is 5.67. The smallest absolute Gasteiger partial charge is 0.381 e. The Labute approximate surface area is 316 Å². The molecule has 0 N–H and O–H groups in total. The van der Waals surface area contributed by atoms with Crippen LogP contribution >= 0.6 is 0 Å². The van der Waals surface area contributed by atoms with Crippen molar-refractivity contribution in [3.05, 3.63) is 75.4 Å². The lowest BCUT2D eigenvalue weighted by Gasteiger charge is -2.39. The van der Waals surface area contributed by atoms with Gasteiger partial charge in [0.2, 0.25) is 34.9 Å². The number of methoxy groups -OCH3 is 2. The standard InChI is InChI=1S/C32H16F24O4/c1-57-25-17(41)9(33)5(10(34)18(25)42)7-13(37)21(45)27(22(46)14(7)38)59-3-29(49,50)31(53,54)32(55,56)30(51,52)4-60-28-23(47)15(39)8(16(40)24(28)48)6-11(35)19(43)26(58-2)20(44)12(6)36/h5,9-10,17-18,25H,3-4H2,1-2H3. The number of benzene rings is 3. The van der Waals surface area contributed by atoms with Gasteiger partial charge in [-0.3, -0.25) is 0 Å². The first-order valence-electron chi connectivity index (χ1n) is 15.4. The summed E-state index contributed by atoms with van der Waals surface area (Å²) in [6.07, 6.45) is -16.3. The van der Waals surface area contributed by atoms with E-state index in [0.29, 0.717) is 14.2 Å². The van der Waals surface area contributed by atoms with E-state index in [1.807, 2.05) is 0 Å². The Morgan fingerprint density at radius 1 is 0.400 bits per heavy atom. The molecule has 1 aliphatic rings. The van der Waals surface area contributed by atoms with E-state index >= 15 is 0 Å². The molecule has 4 atom stereocenters. The average Bonchev–Trinajstić information content (AvgIpc) is 3.17. The van der Waals surface area contributed by atoms with E-state index in [-0.39, 0.29) is 0 Å². The Balaban J connectivity index is 1.63. The van der Waals surface area contributed by atoms with Crippen LogP contribution in [0.5, 0.6) is 17.2 Å². The molecule has 1 saturated carbocycles. The van der Waals surface area contributed by atoms with Crippen LogP contribution in [0.3, 0.4) is 0 Å². The summed E-state index contributed by atoms with van der Waals surface area (Å²) in [5.41, 5.74) is -7.78. The number of halogens is 24. The Kier molecular flexibility index (Phi) is 13.1. The van der Waals surface area contributed by atoms with Gasteiger partial charge < -0.3 is 18.9 Å². The molecule has 1 aliphatic carbocycles. The Bertz CT molecular complexity index is 2040. The van der Waals surface area contributed by atoms with Crippen molar-refractivity contribution in [2.24, 2.45) is 0 Å². The van der Waals surface area contributed by atoms with Gasteiger partial charge in [0.1, 0.15) is 18.4 Å². The van der Waals surface area contributed by atoms with Crippen LogP contribution in [0.15, 0.2) is 0 Å². The summed E-state index contributed by atoms with van der Waals surface area (Å²) in [4.78, 5) is 0. The predicted octanol–water partition coefficient (Wildman–Crippen LogP) is 10.5. The molecule has 28 heteroatoms. The van der Waals surface area contributed by atoms with Gasteiger partial charge in [-0.25, -0.2) is 43.9 Å². The Morgan fingerprint density at radius 3 is 0.967 bits per heavy atom. The van der Waals surface area contributed by atoms with E-state index in [4.69, 9.17) is 0 Å². The Hall–Kier alpha value is -4.66. The third-order valence-corrected chi connectivity index (χ3v) is 8.79. The van der Waals surface area contributed by atoms with Crippen LogP contribution in [0, 0.1) is 69.8 Å². The Morgan fingerprint density at radius 2 is 0.683 bits per heavy atom. The third-order valence-electron chi connectivity index (χ3n) is 8.79. The molecule has 0 aromatic heterocycles. The van der Waals surface area contributed by atoms with Gasteiger partial charge in [-0.05, 0) is 0 Å². The fraction of sp³-hybridized carbons (Fsp3) is 0.438. The molecule has 4 unspecified atom stereocenters. The van der Waals surface area contributed by atoms with Crippen LogP contribution in [0.4, 0.5) is 105 Å². The van der Waals surface area contributed by atoms with Crippen LogP contribution in [0.1, 0.15) is 11.5 Å². The minimum Gasteiger partial charge on any atom is -0.491 e. The molecule has 4 nitrogen and oxygen atoms in total. The molecule has 0 spiro atoms. The van der Waals surface area contributed by atoms with E-state index in [0.717, 1.165) is 0 Å². The van der Waals surface area contributed by atoms with Gasteiger partial charge in [0.05, 0.1) is 24.2 Å². The lowest BCUT2D eigenvalue weighted by molar-refractivity contribution is -0.372. The summed E-state index contributed by atoms with van der Waals surface area (Å²) in [5.74, 6) is -76.7. The van der Waals surface area contributed by atoms with E-state index in [9.17, 15) is 105 Å². The highest BCUT2D eigenvalue weighted by Gasteiger charge is 2.81. The number of hydrogen-bond donors (Lipinski definition) is 0. The van der Waals surface area contributed by atoms with Gasteiger partial charge in [0.25, 0.3) is 0 Å². The van der Waals surface area contributed by atoms with E-state index < -0.39 is 177 Å². The van der Waals surface area contributed by atoms with Crippen molar-refractivity contribution in [3.63, 3.8) is 0 Å². The first-order valence-corrected chi connectivity index (χ1v) is 15.4. The van der Waals surface area contributed by atoms with Gasteiger partial charge in [-0.1, -0.05) is 0 Å². The summed E-state index contributed by atoms with van der Waals surface area (Å²) in [5, 5.41) is 0. The topological polar surface area (TPSA) is 36.9 Å². The quantitative estimate of drug-likeness (QED) is 0.126. The molecule has 0 amide bonds. The van der Waals surface area contributed by atoms with Gasteiger partial charge in [-0.2, -0.15) is 61.5 Å². The molecular weight excluding hydrogens is 904 g/mol. The summed E-state index contributed by atoms with van der Waals surface area (Å²) in [6.45, 7) is -7.39. The van der Waals surface area contributed by atoms with Crippen LogP contribution in [0.2, 0.25) is 0 Å². The molecule has 0 heterocycles. The molecule has 0 saturated heterocycles. The van der Waals surface area contributed by atoms with Crippen molar-refractivity contribution in [1.29, 1.82) is 0 Å². The molecule has 60 heavy (non-hydrogen) atoms. The lowest BCUT2D eigenvalue weighted by atomic mass is 9.77. The zero-order chi connectivity index (χ0) is 46.1. The van der Waals surface area contributed by atoms with E-state index in [2.05, 4.69) is 18.9 Å². The SMILES string of the molecule is COc1c(F)c(F)c(-c2c(F)c(F)c(OCC(F)(F)C(F)(F)C(F)(F)C(F)(F)COc3c(F)c(F)c(C4C(F)C(F)C(OC)C(F)C4F)c(F)c3F)c(F)c2F)c(F)c1F. The monoisotopic (exact) mass is 920 g/mol. The maximum Gasteiger partial charge on any atom is 0.381 e. The second kappa shape index (κ2) is 16.3. The molecule has 336 valence electrons. The van der Waals surface area contributed by atoms with Crippen LogP contribution in [-0.4, -0.2) is 81.9 Å². The van der Waals surface area contributed by atoms with Gasteiger partial charge >= 0.3 is 23.7 Å². The molecule has 0 aliphatic heterocycles. The highest BCUT2D eigenvalue weighted by Crippen LogP contribution is 2.54. The fourth-order valence-corrected chi connectivity index (χ4v) is 5.67. The first-order chi connectivity index (χ1) is 27.4. The van der Waals surface area contributed by atoms with Gasteiger partial charge in [-0.15, -0.1) is 0 Å². The average molecular weight is 920 g/mol. The zero-order valence-corrected chi connectivity index (χ0v) is 28.6. The first kappa shape index (κ1) is 48.0. The number of rotatable bonds is 13. The number of hydrogen-bond acceptors (Lipinski definition) is 4. The highest BCUT2D eigenvalue weighted by atomic mass is 19.4. The normalized spacial score (nSPS) is 21.7. The molecule has 4 rings (SSSR count). The maximum absolute atomic E-state index is 14.8. The van der Waals surface area contributed by atoms with E-state index in [1.165, 1.54) is 0 Å². The predicted molar refractivity (Wildman–Crippen MR) is 148 cm³/mol. The third kappa shape index (κ3) is 7.21. The second-order valence-corrected chi connectivity index (χ2v) is 12.3. The van der Waals surface area contributed by atoms with Gasteiger partial charge in [0, 0.05) is 12.7 Å². The summed E-state index contributed by atoms with van der Waals surface area (Å²) in [6, 6.07) is 0. The minimum absolute atomic E-state index is 0.407. The minimum atomic E-state index is -7.65. The largest absolute Gasteiger partial charge is 0.491 e. The lowest BCUT2D eigenvalue weighted by Crippen LogP contribution is -2.65. The molecule has 1 fully saturated rings. The highest BCUT2D eigenvalue weighted by molar-refractivity contribution is 5.69. The molecular formula is C32H16F24O4. The molecule has 0 bridgehead atoms. The van der Waals surface area contributed by atoms with Crippen LogP contribution in [0.25, 0.3) is 11.1 Å². The summed E-state index contributed by atoms with van der Waals surface area (Å²) >= 11 is 0. The van der Waals surface area contributed by atoms with Crippen molar-refractivity contribution in [2.75, 3.05) is 27.4 Å². The second-order valence-electron chi connectivity index (χ2n) is 12.3. The van der Waals surface area contributed by atoms with Crippen molar-refractivity contribution in [1.82, 2.24) is 0 Å². The maximum atomic E-state index is 14.8. The summed E-state index contributed by atoms with van der Waals surface area (Å²) < 4.78 is 363. The van der Waals surface area contributed by atoms with Crippen LogP contribution in [-0.2, 0) is 4.74 Å². The molecule has 0 radical (unpaired) electrons. The van der Waals surface area contributed by atoms with Crippen molar-refractivity contribution in [3.8, 4) is 28.4 Å². The van der Waals surface area contributed by atoms with Crippen molar-refractivity contribution >= 4 is 0 Å². The van der Waals surface area contributed by atoms with Crippen molar-refractivity contribution in [2.45, 2.75) is 60.4 Å². The summed E-state index contributed by atoms with van der Waals surface area (Å²) in [7, 11) is 0.926. The van der Waals surface area contributed by atoms with E-state index in [1.54, 1.807) is 0 Å². The van der Waals surface area contributed by atoms with Crippen molar-refractivity contribution < 1.29 is 124 Å². The molecule has 3 aromatic rings. The van der Waals surface area contributed by atoms with Crippen LogP contribution < -0.4 is 14.2 Å². The molecule has 3 aromatic carbocycles. The van der Waals surface area contributed by atoms with Gasteiger partial charge in [0.15, 0.2) is 77.7 Å². The number of ether oxygens (including phenoxy) is 4.